The number of aryl methyl sites for hydroxylation is 1. The molecule has 1 spiro atoms. The van der Waals surface area contributed by atoms with Gasteiger partial charge >= 0.3 is 0 Å². The van der Waals surface area contributed by atoms with Gasteiger partial charge in [0.1, 0.15) is 0 Å². The molecule has 0 bridgehead atoms. The SMILES string of the molecule is Cc1cccc(CN2CCC3(CC2)CN(C)C(=O)c2cn(C(C)C)nc23)n1. The third kappa shape index (κ3) is 3.27. The Morgan fingerprint density at radius 2 is 1.96 bits per heavy atom. The minimum Gasteiger partial charge on any atom is -0.341 e. The zero-order valence-electron chi connectivity index (χ0n) is 16.8. The molecule has 144 valence electrons. The highest BCUT2D eigenvalue weighted by Gasteiger charge is 2.46. The van der Waals surface area contributed by atoms with Crippen LogP contribution < -0.4 is 0 Å². The number of pyridine rings is 1. The summed E-state index contributed by atoms with van der Waals surface area (Å²) in [5.74, 6) is 0.105. The minimum atomic E-state index is -0.0192. The van der Waals surface area contributed by atoms with Gasteiger partial charge in [-0.3, -0.25) is 19.4 Å². The first-order chi connectivity index (χ1) is 12.9. The Bertz CT molecular complexity index is 848. The highest BCUT2D eigenvalue weighted by atomic mass is 16.2. The lowest BCUT2D eigenvalue weighted by atomic mass is 9.72. The summed E-state index contributed by atoms with van der Waals surface area (Å²) in [7, 11) is 1.92. The monoisotopic (exact) mass is 367 g/mol. The average molecular weight is 367 g/mol. The molecule has 0 unspecified atom stereocenters. The Morgan fingerprint density at radius 3 is 2.63 bits per heavy atom. The van der Waals surface area contributed by atoms with E-state index in [1.807, 2.05) is 35.8 Å². The number of hydrogen-bond acceptors (Lipinski definition) is 4. The third-order valence-corrected chi connectivity index (χ3v) is 6.03. The topological polar surface area (TPSA) is 54.3 Å². The number of hydrogen-bond donors (Lipinski definition) is 0. The molecule has 2 aliphatic heterocycles. The number of fused-ring (bicyclic) bond motifs is 2. The first-order valence-electron chi connectivity index (χ1n) is 9.88. The van der Waals surface area contributed by atoms with Crippen molar-refractivity contribution in [2.24, 2.45) is 0 Å². The van der Waals surface area contributed by atoms with Gasteiger partial charge in [0.25, 0.3) is 5.91 Å². The van der Waals surface area contributed by atoms with Crippen molar-refractivity contribution in [3.8, 4) is 0 Å². The molecule has 2 aromatic rings. The molecule has 0 saturated carbocycles. The number of likely N-dealkylation sites (N-methyl/N-ethyl adjacent to an activating group) is 1. The normalized spacial score (nSPS) is 19.7. The van der Waals surface area contributed by atoms with Crippen molar-refractivity contribution < 1.29 is 4.79 Å². The van der Waals surface area contributed by atoms with E-state index in [2.05, 4.69) is 35.9 Å². The summed E-state index contributed by atoms with van der Waals surface area (Å²) in [6.45, 7) is 9.92. The van der Waals surface area contributed by atoms with E-state index in [1.165, 1.54) is 0 Å². The summed E-state index contributed by atoms with van der Waals surface area (Å²) in [6.07, 6.45) is 4.00. The molecule has 6 nitrogen and oxygen atoms in total. The van der Waals surface area contributed by atoms with Crippen molar-refractivity contribution in [3.63, 3.8) is 0 Å². The molecule has 2 aromatic heterocycles. The Labute approximate surface area is 161 Å². The number of likely N-dealkylation sites (tertiary alicyclic amines) is 1. The van der Waals surface area contributed by atoms with Crippen LogP contribution in [0.5, 0.6) is 0 Å². The van der Waals surface area contributed by atoms with Gasteiger partial charge in [0.2, 0.25) is 0 Å². The van der Waals surface area contributed by atoms with Crippen molar-refractivity contribution in [1.82, 2.24) is 24.6 Å². The number of rotatable bonds is 3. The van der Waals surface area contributed by atoms with Crippen LogP contribution >= 0.6 is 0 Å². The van der Waals surface area contributed by atoms with Crippen molar-refractivity contribution in [3.05, 3.63) is 47.0 Å². The summed E-state index contributed by atoms with van der Waals surface area (Å²) in [5.41, 5.74) is 4.00. The van der Waals surface area contributed by atoms with Gasteiger partial charge in [0.05, 0.1) is 17.0 Å². The zero-order valence-corrected chi connectivity index (χ0v) is 16.8. The Kier molecular flexibility index (Phi) is 4.54. The van der Waals surface area contributed by atoms with Crippen molar-refractivity contribution >= 4 is 5.91 Å². The van der Waals surface area contributed by atoms with Crippen LogP contribution in [0.1, 0.15) is 60.2 Å². The number of carbonyl (C=O) groups is 1. The summed E-state index contributed by atoms with van der Waals surface area (Å²) >= 11 is 0. The Morgan fingerprint density at radius 1 is 1.22 bits per heavy atom. The second-order valence-electron chi connectivity index (χ2n) is 8.45. The molecule has 0 radical (unpaired) electrons. The van der Waals surface area contributed by atoms with Crippen molar-refractivity contribution in [1.29, 1.82) is 0 Å². The zero-order chi connectivity index (χ0) is 19.2. The maximum absolute atomic E-state index is 12.7. The van der Waals surface area contributed by atoms with E-state index >= 15 is 0 Å². The van der Waals surface area contributed by atoms with Crippen LogP contribution in [0.2, 0.25) is 0 Å². The molecule has 1 amide bonds. The highest BCUT2D eigenvalue weighted by molar-refractivity contribution is 5.96. The fourth-order valence-corrected chi connectivity index (χ4v) is 4.46. The van der Waals surface area contributed by atoms with E-state index in [-0.39, 0.29) is 17.4 Å². The van der Waals surface area contributed by atoms with E-state index in [0.717, 1.165) is 61.7 Å². The van der Waals surface area contributed by atoms with E-state index < -0.39 is 0 Å². The number of piperidine rings is 1. The smallest absolute Gasteiger partial charge is 0.257 e. The predicted molar refractivity (Wildman–Crippen MR) is 105 cm³/mol. The molecule has 2 aliphatic rings. The maximum atomic E-state index is 12.7. The van der Waals surface area contributed by atoms with Gasteiger partial charge < -0.3 is 4.90 Å². The molecule has 27 heavy (non-hydrogen) atoms. The van der Waals surface area contributed by atoms with Crippen molar-refractivity contribution in [2.45, 2.75) is 51.6 Å². The van der Waals surface area contributed by atoms with Crippen LogP contribution in [0.3, 0.4) is 0 Å². The van der Waals surface area contributed by atoms with Crippen LogP contribution in [-0.2, 0) is 12.0 Å². The van der Waals surface area contributed by atoms with Gasteiger partial charge in [0, 0.05) is 43.5 Å². The highest BCUT2D eigenvalue weighted by Crippen LogP contribution is 2.41. The molecule has 1 fully saturated rings. The van der Waals surface area contributed by atoms with Crippen LogP contribution in [0, 0.1) is 6.92 Å². The lowest BCUT2D eigenvalue weighted by Gasteiger charge is -2.45. The number of nitrogens with zero attached hydrogens (tertiary/aromatic N) is 5. The molecule has 0 atom stereocenters. The van der Waals surface area contributed by atoms with Gasteiger partial charge in [-0.25, -0.2) is 0 Å². The fourth-order valence-electron chi connectivity index (χ4n) is 4.46. The lowest BCUT2D eigenvalue weighted by molar-refractivity contribution is 0.0627. The first-order valence-corrected chi connectivity index (χ1v) is 9.88. The molecular formula is C21H29N5O. The van der Waals surface area contributed by atoms with Crippen LogP contribution in [0.4, 0.5) is 0 Å². The van der Waals surface area contributed by atoms with E-state index in [1.54, 1.807) is 0 Å². The second kappa shape index (κ2) is 6.75. The van der Waals surface area contributed by atoms with Gasteiger partial charge in [-0.15, -0.1) is 0 Å². The predicted octanol–water partition coefficient (Wildman–Crippen LogP) is 2.79. The van der Waals surface area contributed by atoms with E-state index in [4.69, 9.17) is 5.10 Å². The maximum Gasteiger partial charge on any atom is 0.257 e. The molecule has 0 aromatic carbocycles. The largest absolute Gasteiger partial charge is 0.341 e. The lowest BCUT2D eigenvalue weighted by Crippen LogP contribution is -2.53. The Hall–Kier alpha value is -2.21. The number of aromatic nitrogens is 3. The van der Waals surface area contributed by atoms with E-state index in [0.29, 0.717) is 0 Å². The quantitative estimate of drug-likeness (QED) is 0.837. The van der Waals surface area contributed by atoms with Gasteiger partial charge in [-0.1, -0.05) is 6.07 Å². The summed E-state index contributed by atoms with van der Waals surface area (Å²) < 4.78 is 1.95. The molecule has 1 saturated heterocycles. The molecule has 0 aliphatic carbocycles. The van der Waals surface area contributed by atoms with Crippen LogP contribution in [0.15, 0.2) is 24.4 Å². The Balaban J connectivity index is 1.55. The minimum absolute atomic E-state index is 0.0192. The first kappa shape index (κ1) is 18.2. The molecule has 0 N–H and O–H groups in total. The molecule has 6 heteroatoms. The summed E-state index contributed by atoms with van der Waals surface area (Å²) in [6, 6.07) is 6.48. The average Bonchev–Trinajstić information content (AvgIpc) is 3.09. The number of carbonyl (C=O) groups excluding carboxylic acids is 1. The summed E-state index contributed by atoms with van der Waals surface area (Å²) in [5, 5.41) is 4.87. The molecule has 4 rings (SSSR count). The fraction of sp³-hybridized carbons (Fsp3) is 0.571. The van der Waals surface area contributed by atoms with Gasteiger partial charge in [-0.05, 0) is 58.8 Å². The molecule has 4 heterocycles. The second-order valence-corrected chi connectivity index (χ2v) is 8.45. The van der Waals surface area contributed by atoms with Gasteiger partial charge in [0.15, 0.2) is 0 Å². The summed E-state index contributed by atoms with van der Waals surface area (Å²) in [4.78, 5) is 21.7. The van der Waals surface area contributed by atoms with E-state index in [9.17, 15) is 4.79 Å². The van der Waals surface area contributed by atoms with Crippen molar-refractivity contribution in [2.75, 3.05) is 26.7 Å². The standard InChI is InChI=1S/C21H29N5O/c1-15(2)26-13-18-19(23-26)21(14-24(4)20(18)27)8-10-25(11-9-21)12-17-7-5-6-16(3)22-17/h5-7,13,15H,8-12,14H2,1-4H3. The number of amides is 1. The third-order valence-electron chi connectivity index (χ3n) is 6.03. The van der Waals surface area contributed by atoms with Gasteiger partial charge in [-0.2, -0.15) is 5.10 Å². The van der Waals surface area contributed by atoms with Crippen LogP contribution in [-0.4, -0.2) is 57.2 Å². The molecular weight excluding hydrogens is 338 g/mol. The van der Waals surface area contributed by atoms with Crippen LogP contribution in [0.25, 0.3) is 0 Å².